The Bertz CT molecular complexity index is 6.85. The molecule has 0 N–H and O–H groups in total. The van der Waals surface area contributed by atoms with E-state index in [0.717, 1.165) is 0 Å². The molecule has 0 aliphatic rings. The van der Waals surface area contributed by atoms with E-state index >= 15 is 0 Å². The van der Waals surface area contributed by atoms with Crippen LogP contribution < -0.4 is 0 Å². The van der Waals surface area contributed by atoms with E-state index in [1.54, 1.807) is 0 Å². The average molecular weight is 239 g/mol. The number of hydrogen-bond donors (Lipinski definition) is 0. The van der Waals surface area contributed by atoms with Crippen LogP contribution in [0, 0.1) is 0 Å². The maximum atomic E-state index is 0. The molecule has 0 aromatic rings. The molecule has 0 fully saturated rings. The maximum absolute atomic E-state index is 0. The Kier molecular flexibility index (Phi) is 297. The molecule has 0 atom stereocenters. The van der Waals surface area contributed by atoms with Crippen LogP contribution in [0.3, 0.4) is 0 Å². The van der Waals surface area contributed by atoms with Gasteiger partial charge in [-0.25, -0.2) is 0 Å². The van der Waals surface area contributed by atoms with Gasteiger partial charge in [-0.15, -0.1) is 0 Å². The van der Waals surface area contributed by atoms with E-state index in [4.69, 9.17) is 0 Å². The summed E-state index contributed by atoms with van der Waals surface area (Å²) in [6, 6.07) is 0. The third-order valence-corrected chi connectivity index (χ3v) is 0. The van der Waals surface area contributed by atoms with Gasteiger partial charge >= 0.3 is 47.0 Å². The van der Waals surface area contributed by atoms with Gasteiger partial charge in [-0.05, 0) is 0 Å². The number of hydrogen-bond acceptors (Lipinski definition) is 0. The van der Waals surface area contributed by atoms with Gasteiger partial charge in [-0.2, -0.15) is 0 Å². The molecule has 0 aromatic carbocycles. The Morgan fingerprint density at radius 2 is 0.600 bits per heavy atom. The van der Waals surface area contributed by atoms with Crippen molar-refractivity contribution in [2.45, 2.75) is 0 Å². The summed E-state index contributed by atoms with van der Waals surface area (Å²) in [5, 5.41) is 0. The SMILES string of the molecule is [Mg+2].[S-2].[S-2].[S-2].[Sn+4]. The van der Waals surface area contributed by atoms with Crippen LogP contribution in [0.4, 0.5) is 0 Å². The van der Waals surface area contributed by atoms with Gasteiger partial charge in [0.15, 0.2) is 0 Å². The Balaban J connectivity index is 0. The van der Waals surface area contributed by atoms with Gasteiger partial charge in [0.1, 0.15) is 0 Å². The van der Waals surface area contributed by atoms with Crippen LogP contribution in [0.1, 0.15) is 0 Å². The van der Waals surface area contributed by atoms with Crippen molar-refractivity contribution in [1.82, 2.24) is 0 Å². The van der Waals surface area contributed by atoms with Gasteiger partial charge in [-0.3, -0.25) is 0 Å². The molecular formula is MgS3Sn. The van der Waals surface area contributed by atoms with E-state index in [9.17, 15) is 0 Å². The fraction of sp³-hybridized carbons (Fsp3) is 0. The van der Waals surface area contributed by atoms with Crippen molar-refractivity contribution in [3.05, 3.63) is 0 Å². The van der Waals surface area contributed by atoms with Crippen molar-refractivity contribution in [2.75, 3.05) is 0 Å². The van der Waals surface area contributed by atoms with E-state index < -0.39 is 0 Å². The maximum Gasteiger partial charge on any atom is 4.00 e. The second-order valence-corrected chi connectivity index (χ2v) is 0. The van der Waals surface area contributed by atoms with Crippen LogP contribution in [0.2, 0.25) is 0 Å². The summed E-state index contributed by atoms with van der Waals surface area (Å²) in [5.41, 5.74) is 0. The Hall–Kier alpha value is 2.61. The van der Waals surface area contributed by atoms with Gasteiger partial charge in [0.2, 0.25) is 0 Å². The van der Waals surface area contributed by atoms with Crippen molar-refractivity contribution in [1.29, 1.82) is 0 Å². The summed E-state index contributed by atoms with van der Waals surface area (Å²) in [6.07, 6.45) is 0. The zero-order chi connectivity index (χ0) is 0. The molecule has 0 saturated heterocycles. The molecule has 5 heavy (non-hydrogen) atoms. The van der Waals surface area contributed by atoms with Crippen molar-refractivity contribution >= 4 is 87.4 Å². The molecule has 0 heterocycles. The van der Waals surface area contributed by atoms with Crippen LogP contribution in [0.5, 0.6) is 0 Å². The second-order valence-electron chi connectivity index (χ2n) is 0. The standard InChI is InChI=1S/Mg.3S.Sn/q+2;3*-2;+4. The van der Waals surface area contributed by atoms with Gasteiger partial charge < -0.3 is 40.5 Å². The third kappa shape index (κ3) is 20.6. The van der Waals surface area contributed by atoms with E-state index in [0.29, 0.717) is 0 Å². The molecule has 0 aromatic heterocycles. The van der Waals surface area contributed by atoms with Crippen LogP contribution >= 0.6 is 0 Å². The molecule has 0 saturated carbocycles. The predicted molar refractivity (Wildman–Crippen MR) is 33.6 cm³/mol. The van der Waals surface area contributed by atoms with E-state index in [2.05, 4.69) is 0 Å². The molecule has 24 valence electrons. The minimum Gasteiger partial charge on any atom is -2.00 e. The molecule has 0 amide bonds. The minimum atomic E-state index is 0. The molecule has 0 radical (unpaired) electrons. The van der Waals surface area contributed by atoms with Crippen molar-refractivity contribution in [3.63, 3.8) is 0 Å². The monoisotopic (exact) mass is 240 g/mol. The van der Waals surface area contributed by atoms with Gasteiger partial charge in [0, 0.05) is 0 Å². The van der Waals surface area contributed by atoms with E-state index in [-0.39, 0.29) is 87.4 Å². The molecular weight excluding hydrogens is 239 g/mol. The van der Waals surface area contributed by atoms with Crippen LogP contribution in [-0.2, 0) is 40.5 Å². The molecule has 5 heteroatoms. The van der Waals surface area contributed by atoms with Gasteiger partial charge in [-0.1, -0.05) is 0 Å². The molecule has 0 aliphatic heterocycles. The largest absolute Gasteiger partial charge is 4.00 e. The van der Waals surface area contributed by atoms with Crippen molar-refractivity contribution in [3.8, 4) is 0 Å². The Morgan fingerprint density at radius 1 is 0.600 bits per heavy atom. The van der Waals surface area contributed by atoms with Crippen molar-refractivity contribution < 1.29 is 0 Å². The average Bonchev–Trinajstić information content (AvgIpc) is 0. The summed E-state index contributed by atoms with van der Waals surface area (Å²) in [4.78, 5) is 0. The molecule has 0 spiro atoms. The summed E-state index contributed by atoms with van der Waals surface area (Å²) >= 11 is 0. The summed E-state index contributed by atoms with van der Waals surface area (Å²) in [7, 11) is 0. The zero-order valence-electron chi connectivity index (χ0n) is 2.43. The molecule has 0 nitrogen and oxygen atoms in total. The first kappa shape index (κ1) is 48.7. The third-order valence-electron chi connectivity index (χ3n) is 0. The fourth-order valence-corrected chi connectivity index (χ4v) is 0. The van der Waals surface area contributed by atoms with Gasteiger partial charge in [0.05, 0.1) is 0 Å². The van der Waals surface area contributed by atoms with E-state index in [1.165, 1.54) is 0 Å². The first-order valence-electron chi connectivity index (χ1n) is 0. The summed E-state index contributed by atoms with van der Waals surface area (Å²) < 4.78 is 0. The Labute approximate surface area is 86.3 Å². The van der Waals surface area contributed by atoms with Crippen LogP contribution in [-0.4, -0.2) is 47.0 Å². The Morgan fingerprint density at radius 3 is 0.600 bits per heavy atom. The topological polar surface area (TPSA) is 0 Å². The zero-order valence-corrected chi connectivity index (χ0v) is 9.15. The predicted octanol–water partition coefficient (Wildman–Crippen LogP) is -0.769. The molecule has 0 unspecified atom stereocenters. The fourth-order valence-electron chi connectivity index (χ4n) is 0. The quantitative estimate of drug-likeness (QED) is 0.487. The number of rotatable bonds is 0. The summed E-state index contributed by atoms with van der Waals surface area (Å²) in [6.45, 7) is 0. The molecule has 0 aliphatic carbocycles. The molecule has 0 rings (SSSR count). The first-order valence-corrected chi connectivity index (χ1v) is 0. The van der Waals surface area contributed by atoms with Gasteiger partial charge in [0.25, 0.3) is 0 Å². The van der Waals surface area contributed by atoms with Crippen molar-refractivity contribution in [2.24, 2.45) is 0 Å². The smallest absolute Gasteiger partial charge is 2.00 e. The second kappa shape index (κ2) is 30.5. The van der Waals surface area contributed by atoms with Crippen LogP contribution in [0.25, 0.3) is 0 Å². The molecule has 0 bridgehead atoms. The normalized spacial score (nSPS) is 0. The van der Waals surface area contributed by atoms with Crippen LogP contribution in [0.15, 0.2) is 0 Å². The first-order chi connectivity index (χ1) is 0. The van der Waals surface area contributed by atoms with E-state index in [1.807, 2.05) is 0 Å². The summed E-state index contributed by atoms with van der Waals surface area (Å²) in [5.74, 6) is 0. The minimum absolute atomic E-state index is 0.